The molecule has 5 atom stereocenters. The van der Waals surface area contributed by atoms with Crippen molar-refractivity contribution < 1.29 is 18.3 Å². The Kier molecular flexibility index (Phi) is 7.82. The number of aromatic hydroxyl groups is 1. The minimum atomic E-state index is -4.17. The van der Waals surface area contributed by atoms with Crippen LogP contribution >= 0.6 is 11.6 Å². The van der Waals surface area contributed by atoms with E-state index in [4.69, 9.17) is 16.3 Å². The first-order chi connectivity index (χ1) is 20.1. The van der Waals surface area contributed by atoms with E-state index in [-0.39, 0.29) is 52.4 Å². The highest BCUT2D eigenvalue weighted by Crippen LogP contribution is 2.43. The Morgan fingerprint density at radius 2 is 1.79 bits per heavy atom. The molecule has 3 saturated heterocycles. The second kappa shape index (κ2) is 11.3. The second-order valence-electron chi connectivity index (χ2n) is 11.6. The SMILES string of the molecule is CC[C@@H](Nc1c(Nc2ccc(Cl)c(S(=O)(=O)N3CC4CC3CN4Cc3ccccc3)c2O)c(=O)c1=O)[C@H]1CCC(C)O1. The van der Waals surface area contributed by atoms with Crippen LogP contribution in [0.25, 0.3) is 0 Å². The fourth-order valence-electron chi connectivity index (χ4n) is 6.58. The van der Waals surface area contributed by atoms with Crippen molar-refractivity contribution in [2.45, 2.75) is 81.3 Å². The van der Waals surface area contributed by atoms with E-state index in [1.54, 1.807) is 0 Å². The molecule has 2 bridgehead atoms. The molecule has 3 aromatic rings. The number of phenolic OH excluding ortho intramolecular Hbond substituents is 1. The first-order valence-electron chi connectivity index (χ1n) is 14.4. The summed E-state index contributed by atoms with van der Waals surface area (Å²) in [6.45, 7) is 5.58. The highest BCUT2D eigenvalue weighted by atomic mass is 35.5. The second-order valence-corrected chi connectivity index (χ2v) is 13.8. The summed E-state index contributed by atoms with van der Waals surface area (Å²) in [4.78, 5) is 26.9. The minimum Gasteiger partial charge on any atom is -0.504 e. The molecule has 3 unspecified atom stereocenters. The van der Waals surface area contributed by atoms with Gasteiger partial charge in [-0.1, -0.05) is 48.9 Å². The molecule has 0 aromatic heterocycles. The third-order valence-corrected chi connectivity index (χ3v) is 11.3. The van der Waals surface area contributed by atoms with Crippen LogP contribution in [0.15, 0.2) is 56.9 Å². The van der Waals surface area contributed by atoms with Gasteiger partial charge in [0.15, 0.2) is 5.75 Å². The van der Waals surface area contributed by atoms with E-state index in [1.807, 2.05) is 32.0 Å². The summed E-state index contributed by atoms with van der Waals surface area (Å²) in [5, 5.41) is 17.0. The monoisotopic (exact) mass is 614 g/mol. The maximum Gasteiger partial charge on any atom is 0.253 e. The summed E-state index contributed by atoms with van der Waals surface area (Å²) < 4.78 is 35.1. The summed E-state index contributed by atoms with van der Waals surface area (Å²) >= 11 is 6.38. The Bertz CT molecular complexity index is 1660. The van der Waals surface area contributed by atoms with Gasteiger partial charge in [-0.2, -0.15) is 4.31 Å². The van der Waals surface area contributed by atoms with E-state index in [0.29, 0.717) is 25.9 Å². The molecule has 0 amide bonds. The van der Waals surface area contributed by atoms with Gasteiger partial charge in [0.2, 0.25) is 10.0 Å². The largest absolute Gasteiger partial charge is 0.504 e. The lowest BCUT2D eigenvalue weighted by atomic mass is 10.0. The average molecular weight is 615 g/mol. The third kappa shape index (κ3) is 5.11. The first kappa shape index (κ1) is 29.1. The molecule has 3 heterocycles. The van der Waals surface area contributed by atoms with Crippen LogP contribution < -0.4 is 21.5 Å². The summed E-state index contributed by atoms with van der Waals surface area (Å²) in [7, 11) is -4.17. The molecule has 0 spiro atoms. The molecule has 3 fully saturated rings. The minimum absolute atomic E-state index is 0.0257. The molecule has 10 nitrogen and oxygen atoms in total. The van der Waals surface area contributed by atoms with Crippen LogP contribution in [0.4, 0.5) is 17.1 Å². The van der Waals surface area contributed by atoms with E-state index in [2.05, 4.69) is 27.7 Å². The molecule has 224 valence electrons. The molecule has 3 aromatic carbocycles. The van der Waals surface area contributed by atoms with Gasteiger partial charge in [-0.05, 0) is 50.3 Å². The quantitative estimate of drug-likeness (QED) is 0.231. The van der Waals surface area contributed by atoms with Crippen molar-refractivity contribution in [1.82, 2.24) is 9.21 Å². The van der Waals surface area contributed by atoms with E-state index in [9.17, 15) is 23.1 Å². The molecular formula is C30H35ClN4O6S. The Morgan fingerprint density at radius 1 is 1.05 bits per heavy atom. The van der Waals surface area contributed by atoms with Gasteiger partial charge in [0.25, 0.3) is 10.9 Å². The summed E-state index contributed by atoms with van der Waals surface area (Å²) in [5.41, 5.74) is -0.200. The zero-order valence-electron chi connectivity index (χ0n) is 23.5. The number of nitrogens with one attached hydrogen (secondary N) is 2. The summed E-state index contributed by atoms with van der Waals surface area (Å²) in [6, 6.07) is 12.4. The van der Waals surface area contributed by atoms with Crippen molar-refractivity contribution >= 4 is 38.7 Å². The number of anilines is 3. The summed E-state index contributed by atoms with van der Waals surface area (Å²) in [6.07, 6.45) is 3.16. The number of fused-ring (bicyclic) bond motifs is 2. The molecule has 3 N–H and O–H groups in total. The van der Waals surface area contributed by atoms with Crippen LogP contribution in [-0.2, 0) is 21.3 Å². The number of phenols is 1. The van der Waals surface area contributed by atoms with Crippen molar-refractivity contribution in [2.75, 3.05) is 23.7 Å². The average Bonchev–Trinajstić information content (AvgIpc) is 3.70. The fourth-order valence-corrected chi connectivity index (χ4v) is 8.85. The Balaban J connectivity index is 1.21. The van der Waals surface area contributed by atoms with E-state index in [0.717, 1.165) is 19.4 Å². The molecule has 12 heteroatoms. The van der Waals surface area contributed by atoms with Crippen molar-refractivity contribution in [3.05, 3.63) is 73.5 Å². The van der Waals surface area contributed by atoms with Crippen LogP contribution in [0, 0.1) is 0 Å². The molecule has 0 saturated carbocycles. The number of sulfonamides is 1. The third-order valence-electron chi connectivity index (χ3n) is 8.84. The van der Waals surface area contributed by atoms with Crippen LogP contribution in [0.1, 0.15) is 45.1 Å². The van der Waals surface area contributed by atoms with Gasteiger partial charge in [-0.3, -0.25) is 14.5 Å². The summed E-state index contributed by atoms with van der Waals surface area (Å²) in [5.74, 6) is -0.592. The van der Waals surface area contributed by atoms with E-state index in [1.165, 1.54) is 22.0 Å². The number of nitrogens with zero attached hydrogens (tertiary/aromatic N) is 2. The lowest BCUT2D eigenvalue weighted by Crippen LogP contribution is -2.48. The number of benzene rings is 2. The first-order valence-corrected chi connectivity index (χ1v) is 16.2. The topological polar surface area (TPSA) is 128 Å². The van der Waals surface area contributed by atoms with Crippen molar-refractivity contribution in [2.24, 2.45) is 0 Å². The molecule has 6 rings (SSSR count). The highest BCUT2D eigenvalue weighted by Gasteiger charge is 2.49. The van der Waals surface area contributed by atoms with Crippen LogP contribution in [-0.4, -0.2) is 66.2 Å². The number of likely N-dealkylation sites (tertiary alicyclic amines) is 1. The lowest BCUT2D eigenvalue weighted by molar-refractivity contribution is 0.0438. The number of ether oxygens (including phenoxy) is 1. The zero-order chi connectivity index (χ0) is 29.8. The van der Waals surface area contributed by atoms with Gasteiger partial charge in [0.1, 0.15) is 16.3 Å². The van der Waals surface area contributed by atoms with Gasteiger partial charge in [-0.15, -0.1) is 0 Å². The van der Waals surface area contributed by atoms with Crippen LogP contribution in [0.5, 0.6) is 5.75 Å². The smallest absolute Gasteiger partial charge is 0.253 e. The maximum atomic E-state index is 13.9. The number of piperazine rings is 1. The van der Waals surface area contributed by atoms with Crippen LogP contribution in [0.3, 0.4) is 0 Å². The maximum absolute atomic E-state index is 13.9. The van der Waals surface area contributed by atoms with Crippen molar-refractivity contribution in [3.8, 4) is 5.75 Å². The lowest BCUT2D eigenvalue weighted by Gasteiger charge is -2.34. The Morgan fingerprint density at radius 3 is 2.43 bits per heavy atom. The number of rotatable bonds is 10. The van der Waals surface area contributed by atoms with Gasteiger partial charge >= 0.3 is 0 Å². The molecule has 3 aliphatic rings. The molecule has 0 radical (unpaired) electrons. The number of hydrogen-bond donors (Lipinski definition) is 3. The Labute approximate surface area is 250 Å². The van der Waals surface area contributed by atoms with Crippen molar-refractivity contribution in [1.29, 1.82) is 0 Å². The molecular weight excluding hydrogens is 580 g/mol. The predicted octanol–water partition coefficient (Wildman–Crippen LogP) is 3.79. The fraction of sp³-hybridized carbons (Fsp3) is 0.467. The standard InChI is InChI=1S/C30H35ClN4O6S/c1-3-22(24-12-9-17(2)41-24)32-25-26(29(38)28(25)37)33-23-11-10-21(31)30(27(23)36)42(39,40)35-16-19-13-20(35)15-34(19)14-18-7-5-4-6-8-18/h4-8,10-11,17,19-20,22,24,32-33,36H,3,9,12-16H2,1-2H3/t17?,19?,20?,22-,24-/m1/s1. The number of hydrogen-bond acceptors (Lipinski definition) is 9. The van der Waals surface area contributed by atoms with Crippen molar-refractivity contribution in [3.63, 3.8) is 0 Å². The Hall–Kier alpha value is -2.96. The van der Waals surface area contributed by atoms with Gasteiger partial charge in [0, 0.05) is 31.7 Å². The van der Waals surface area contributed by atoms with E-state index < -0.39 is 31.5 Å². The molecule has 0 aliphatic carbocycles. The molecule has 42 heavy (non-hydrogen) atoms. The zero-order valence-corrected chi connectivity index (χ0v) is 25.1. The van der Waals surface area contributed by atoms with Gasteiger partial charge in [0.05, 0.1) is 29.0 Å². The predicted molar refractivity (Wildman–Crippen MR) is 162 cm³/mol. The molecule has 3 aliphatic heterocycles. The van der Waals surface area contributed by atoms with E-state index >= 15 is 0 Å². The van der Waals surface area contributed by atoms with Gasteiger partial charge in [-0.25, -0.2) is 8.42 Å². The highest BCUT2D eigenvalue weighted by molar-refractivity contribution is 7.89. The normalized spacial score (nSPS) is 25.3. The number of halogens is 1. The van der Waals surface area contributed by atoms with Crippen LogP contribution in [0.2, 0.25) is 5.02 Å². The van der Waals surface area contributed by atoms with Gasteiger partial charge < -0.3 is 20.5 Å².